The van der Waals surface area contributed by atoms with Gasteiger partial charge in [-0.25, -0.2) is 4.79 Å². The van der Waals surface area contributed by atoms with E-state index in [1.54, 1.807) is 0 Å². The molecular weight excluding hydrogens is 252 g/mol. The van der Waals surface area contributed by atoms with Gasteiger partial charge in [0.1, 0.15) is 5.60 Å². The number of nitrogens with two attached hydrogens (primary N) is 1. The van der Waals surface area contributed by atoms with E-state index in [9.17, 15) is 4.79 Å². The molecule has 2 atom stereocenters. The van der Waals surface area contributed by atoms with Gasteiger partial charge in [0.25, 0.3) is 0 Å². The normalized spacial score (nSPS) is 20.2. The summed E-state index contributed by atoms with van der Waals surface area (Å²) < 4.78 is 5.24. The Balaban J connectivity index is 2.42. The van der Waals surface area contributed by atoms with Crippen LogP contribution in [-0.4, -0.2) is 24.8 Å². The standard InChI is InChI=1S/C16H28N2O2/c1-5-13(10-17)14-8-6-7-12(9-14)11-18-15(19)20-16(2,3)4/h6-8,12-13H,5,9-11,17H2,1-4H3,(H,18,19). The Kier molecular flexibility index (Phi) is 6.27. The van der Waals surface area contributed by atoms with Gasteiger partial charge < -0.3 is 15.8 Å². The Hall–Kier alpha value is -1.29. The molecule has 4 nitrogen and oxygen atoms in total. The van der Waals surface area contributed by atoms with Crippen LogP contribution in [0.4, 0.5) is 4.79 Å². The van der Waals surface area contributed by atoms with Crippen LogP contribution in [0.15, 0.2) is 23.8 Å². The molecule has 3 N–H and O–H groups in total. The Labute approximate surface area is 122 Å². The highest BCUT2D eigenvalue weighted by atomic mass is 16.6. The van der Waals surface area contributed by atoms with E-state index in [-0.39, 0.29) is 6.09 Å². The molecule has 0 saturated heterocycles. The summed E-state index contributed by atoms with van der Waals surface area (Å²) in [4.78, 5) is 11.6. The summed E-state index contributed by atoms with van der Waals surface area (Å²) in [5.74, 6) is 0.770. The van der Waals surface area contributed by atoms with Gasteiger partial charge in [0.15, 0.2) is 0 Å². The molecule has 0 saturated carbocycles. The molecule has 114 valence electrons. The molecule has 1 aliphatic carbocycles. The number of allylic oxidation sites excluding steroid dienone is 2. The quantitative estimate of drug-likeness (QED) is 0.813. The molecule has 0 aromatic heterocycles. The van der Waals surface area contributed by atoms with Gasteiger partial charge in [0, 0.05) is 6.54 Å². The lowest BCUT2D eigenvalue weighted by molar-refractivity contribution is 0.0522. The average Bonchev–Trinajstić information content (AvgIpc) is 2.36. The van der Waals surface area contributed by atoms with Crippen molar-refractivity contribution in [3.8, 4) is 0 Å². The number of hydrogen-bond donors (Lipinski definition) is 2. The van der Waals surface area contributed by atoms with Crippen molar-refractivity contribution in [3.63, 3.8) is 0 Å². The van der Waals surface area contributed by atoms with Gasteiger partial charge in [0.2, 0.25) is 0 Å². The van der Waals surface area contributed by atoms with Crippen molar-refractivity contribution in [2.45, 2.75) is 46.1 Å². The molecular formula is C16H28N2O2. The minimum absolute atomic E-state index is 0.322. The van der Waals surface area contributed by atoms with Crippen molar-refractivity contribution < 1.29 is 9.53 Å². The molecule has 2 unspecified atom stereocenters. The maximum atomic E-state index is 11.6. The molecule has 0 aromatic rings. The second-order valence-electron chi connectivity index (χ2n) is 6.31. The lowest BCUT2D eigenvalue weighted by atomic mass is 9.85. The summed E-state index contributed by atoms with van der Waals surface area (Å²) >= 11 is 0. The van der Waals surface area contributed by atoms with Crippen LogP contribution in [0, 0.1) is 11.8 Å². The van der Waals surface area contributed by atoms with Gasteiger partial charge in [-0.2, -0.15) is 0 Å². The molecule has 4 heteroatoms. The molecule has 0 aliphatic heterocycles. The maximum Gasteiger partial charge on any atom is 0.407 e. The first-order valence-electron chi connectivity index (χ1n) is 7.40. The number of rotatable bonds is 5. The number of nitrogens with one attached hydrogen (secondary N) is 1. The molecule has 0 fully saturated rings. The third-order valence-corrected chi connectivity index (χ3v) is 3.40. The van der Waals surface area contributed by atoms with Crippen molar-refractivity contribution in [1.82, 2.24) is 5.32 Å². The van der Waals surface area contributed by atoms with Crippen LogP contribution in [0.2, 0.25) is 0 Å². The van der Waals surface area contributed by atoms with Crippen molar-refractivity contribution in [2.75, 3.05) is 13.1 Å². The molecule has 0 aromatic carbocycles. The lowest BCUT2D eigenvalue weighted by Crippen LogP contribution is -2.35. The largest absolute Gasteiger partial charge is 0.444 e. The molecule has 20 heavy (non-hydrogen) atoms. The van der Waals surface area contributed by atoms with Crippen molar-refractivity contribution in [2.24, 2.45) is 17.6 Å². The number of alkyl carbamates (subject to hydrolysis) is 1. The zero-order valence-electron chi connectivity index (χ0n) is 13.1. The van der Waals surface area contributed by atoms with Crippen molar-refractivity contribution >= 4 is 6.09 Å². The predicted molar refractivity (Wildman–Crippen MR) is 82.4 cm³/mol. The van der Waals surface area contributed by atoms with Gasteiger partial charge >= 0.3 is 6.09 Å². The molecule has 1 rings (SSSR count). The second-order valence-corrected chi connectivity index (χ2v) is 6.31. The summed E-state index contributed by atoms with van der Waals surface area (Å²) in [5.41, 5.74) is 6.73. The van der Waals surface area contributed by atoms with Crippen LogP contribution in [0.1, 0.15) is 40.5 Å². The number of ether oxygens (including phenoxy) is 1. The van der Waals surface area contributed by atoms with Crippen LogP contribution in [-0.2, 0) is 4.74 Å². The summed E-state index contributed by atoms with van der Waals surface area (Å²) in [6, 6.07) is 0. The van der Waals surface area contributed by atoms with Gasteiger partial charge in [-0.1, -0.05) is 30.7 Å². The second kappa shape index (κ2) is 7.48. The maximum absolute atomic E-state index is 11.6. The molecule has 0 heterocycles. The Morgan fingerprint density at radius 1 is 1.55 bits per heavy atom. The highest BCUT2D eigenvalue weighted by molar-refractivity contribution is 5.67. The lowest BCUT2D eigenvalue weighted by Gasteiger charge is -2.25. The van der Waals surface area contributed by atoms with Crippen LogP contribution in [0.25, 0.3) is 0 Å². The van der Waals surface area contributed by atoms with E-state index in [1.807, 2.05) is 20.8 Å². The fourth-order valence-corrected chi connectivity index (χ4v) is 2.33. The molecule has 1 aliphatic rings. The van der Waals surface area contributed by atoms with E-state index < -0.39 is 5.60 Å². The minimum Gasteiger partial charge on any atom is -0.444 e. The van der Waals surface area contributed by atoms with E-state index in [4.69, 9.17) is 10.5 Å². The predicted octanol–water partition coefficient (Wildman–Crippen LogP) is 3.00. The van der Waals surface area contributed by atoms with Gasteiger partial charge in [-0.15, -0.1) is 0 Å². The van der Waals surface area contributed by atoms with E-state index in [2.05, 4.69) is 30.5 Å². The summed E-state index contributed by atoms with van der Waals surface area (Å²) in [5, 5.41) is 2.83. The molecule has 0 radical (unpaired) electrons. The minimum atomic E-state index is -0.454. The van der Waals surface area contributed by atoms with E-state index in [0.717, 1.165) is 12.8 Å². The fourth-order valence-electron chi connectivity index (χ4n) is 2.33. The number of carbonyl (C=O) groups is 1. The van der Waals surface area contributed by atoms with Crippen LogP contribution < -0.4 is 11.1 Å². The number of amides is 1. The van der Waals surface area contributed by atoms with E-state index in [0.29, 0.717) is 24.9 Å². The first-order chi connectivity index (χ1) is 9.35. The van der Waals surface area contributed by atoms with Gasteiger partial charge in [0.05, 0.1) is 0 Å². The SMILES string of the molecule is CCC(CN)C1=CC=CC(CNC(=O)OC(C)(C)C)C1. The smallest absolute Gasteiger partial charge is 0.407 e. The highest BCUT2D eigenvalue weighted by Gasteiger charge is 2.20. The summed E-state index contributed by atoms with van der Waals surface area (Å²) in [7, 11) is 0. The van der Waals surface area contributed by atoms with Crippen molar-refractivity contribution in [1.29, 1.82) is 0 Å². The van der Waals surface area contributed by atoms with Crippen LogP contribution in [0.5, 0.6) is 0 Å². The first kappa shape index (κ1) is 16.8. The number of hydrogen-bond acceptors (Lipinski definition) is 3. The Morgan fingerprint density at radius 3 is 2.80 bits per heavy atom. The van der Waals surface area contributed by atoms with E-state index in [1.165, 1.54) is 5.57 Å². The number of carbonyl (C=O) groups excluding carboxylic acids is 1. The first-order valence-corrected chi connectivity index (χ1v) is 7.40. The molecule has 1 amide bonds. The van der Waals surface area contributed by atoms with Gasteiger partial charge in [-0.05, 0) is 52.0 Å². The third-order valence-electron chi connectivity index (χ3n) is 3.40. The zero-order chi connectivity index (χ0) is 15.2. The molecule has 0 spiro atoms. The highest BCUT2D eigenvalue weighted by Crippen LogP contribution is 2.26. The third kappa shape index (κ3) is 5.78. The van der Waals surface area contributed by atoms with Gasteiger partial charge in [-0.3, -0.25) is 0 Å². The van der Waals surface area contributed by atoms with Crippen LogP contribution >= 0.6 is 0 Å². The summed E-state index contributed by atoms with van der Waals surface area (Å²) in [6.45, 7) is 9.03. The fraction of sp³-hybridized carbons (Fsp3) is 0.688. The average molecular weight is 280 g/mol. The zero-order valence-corrected chi connectivity index (χ0v) is 13.1. The monoisotopic (exact) mass is 280 g/mol. The Morgan fingerprint density at radius 2 is 2.25 bits per heavy atom. The Bertz CT molecular complexity index is 376. The summed E-state index contributed by atoms with van der Waals surface area (Å²) in [6.07, 6.45) is 8.02. The van der Waals surface area contributed by atoms with Crippen molar-refractivity contribution in [3.05, 3.63) is 23.8 Å². The molecule has 0 bridgehead atoms. The van der Waals surface area contributed by atoms with Crippen LogP contribution in [0.3, 0.4) is 0 Å². The van der Waals surface area contributed by atoms with E-state index >= 15 is 0 Å². The topological polar surface area (TPSA) is 64.3 Å².